The lowest BCUT2D eigenvalue weighted by Crippen LogP contribution is -2.49. The van der Waals surface area contributed by atoms with Gasteiger partial charge in [-0.2, -0.15) is 0 Å². The normalized spacial score (nSPS) is 17.0. The summed E-state index contributed by atoms with van der Waals surface area (Å²) >= 11 is 0. The molecule has 7 heteroatoms. The molecule has 0 aromatic carbocycles. The van der Waals surface area contributed by atoms with E-state index in [2.05, 4.69) is 9.88 Å². The molecule has 7 nitrogen and oxygen atoms in total. The predicted molar refractivity (Wildman–Crippen MR) is 107 cm³/mol. The molecule has 0 atom stereocenters. The molecule has 0 saturated carbocycles. The fourth-order valence-corrected chi connectivity index (χ4v) is 4.14. The number of ether oxygens (including phenoxy) is 1. The maximum atomic E-state index is 13.4. The Morgan fingerprint density at radius 2 is 1.89 bits per heavy atom. The Labute approximate surface area is 164 Å². The van der Waals surface area contributed by atoms with Gasteiger partial charge >= 0.3 is 0 Å². The number of pyridine rings is 2. The van der Waals surface area contributed by atoms with E-state index in [0.29, 0.717) is 30.9 Å². The molecule has 2 aromatic heterocycles. The third-order valence-corrected chi connectivity index (χ3v) is 5.65. The zero-order chi connectivity index (χ0) is 19.5. The van der Waals surface area contributed by atoms with Crippen LogP contribution < -0.4 is 15.2 Å². The van der Waals surface area contributed by atoms with Crippen LogP contribution in [0.2, 0.25) is 0 Å². The van der Waals surface area contributed by atoms with E-state index in [9.17, 15) is 9.59 Å². The minimum Gasteiger partial charge on any atom is -0.496 e. The Morgan fingerprint density at radius 1 is 1.07 bits per heavy atom. The number of fused-ring (bicyclic) bond motifs is 1. The Morgan fingerprint density at radius 3 is 2.61 bits per heavy atom. The summed E-state index contributed by atoms with van der Waals surface area (Å²) in [5, 5.41) is 0. The molecule has 0 N–H and O–H groups in total. The van der Waals surface area contributed by atoms with Crippen LogP contribution in [0.4, 0.5) is 5.82 Å². The third-order valence-electron chi connectivity index (χ3n) is 5.65. The quantitative estimate of drug-likeness (QED) is 0.812. The summed E-state index contributed by atoms with van der Waals surface area (Å²) in [6, 6.07) is 7.33. The second-order valence-electron chi connectivity index (χ2n) is 7.30. The summed E-state index contributed by atoms with van der Waals surface area (Å²) in [6.07, 6.45) is 5.55. The van der Waals surface area contributed by atoms with Gasteiger partial charge in [0.1, 0.15) is 17.1 Å². The van der Waals surface area contributed by atoms with Gasteiger partial charge in [-0.1, -0.05) is 12.5 Å². The van der Waals surface area contributed by atoms with E-state index >= 15 is 0 Å². The first kappa shape index (κ1) is 18.5. The molecule has 4 heterocycles. The van der Waals surface area contributed by atoms with Crippen molar-refractivity contribution in [1.82, 2.24) is 14.5 Å². The summed E-state index contributed by atoms with van der Waals surface area (Å²) in [6.45, 7) is 3.39. The van der Waals surface area contributed by atoms with Crippen LogP contribution in [0.25, 0.3) is 0 Å². The fraction of sp³-hybridized carbons (Fsp3) is 0.476. The van der Waals surface area contributed by atoms with Crippen molar-refractivity contribution in [3.8, 4) is 5.75 Å². The summed E-state index contributed by atoms with van der Waals surface area (Å²) in [4.78, 5) is 34.4. The molecule has 28 heavy (non-hydrogen) atoms. The summed E-state index contributed by atoms with van der Waals surface area (Å²) in [5.74, 6) is 1.30. The average Bonchev–Trinajstić information content (AvgIpc) is 3.00. The van der Waals surface area contributed by atoms with E-state index in [1.807, 2.05) is 23.1 Å². The van der Waals surface area contributed by atoms with Gasteiger partial charge in [-0.3, -0.25) is 9.59 Å². The Kier molecular flexibility index (Phi) is 5.32. The Bertz CT molecular complexity index is 902. The molecule has 0 aliphatic carbocycles. The first-order valence-corrected chi connectivity index (χ1v) is 9.95. The van der Waals surface area contributed by atoms with Gasteiger partial charge in [0, 0.05) is 50.7 Å². The van der Waals surface area contributed by atoms with Crippen molar-refractivity contribution in [2.24, 2.45) is 0 Å². The van der Waals surface area contributed by atoms with Crippen LogP contribution in [-0.2, 0) is 13.0 Å². The number of rotatable bonds is 3. The first-order chi connectivity index (χ1) is 13.7. The summed E-state index contributed by atoms with van der Waals surface area (Å²) < 4.78 is 7.22. The fourth-order valence-electron chi connectivity index (χ4n) is 4.14. The predicted octanol–water partition coefficient (Wildman–Crippen LogP) is 1.94. The van der Waals surface area contributed by atoms with Crippen LogP contribution in [0, 0.1) is 0 Å². The lowest BCUT2D eigenvalue weighted by atomic mass is 10.1. The van der Waals surface area contributed by atoms with Crippen molar-refractivity contribution in [2.75, 3.05) is 38.2 Å². The molecule has 1 amide bonds. The standard InChI is InChI=1S/C21H26N4O3/c1-28-17-15-19(26)25-10-6-2-3-7-16(25)20(17)21(27)24-13-11-23(12-14-24)18-8-4-5-9-22-18/h4-5,8-9,15H,2-3,6-7,10-14H2,1H3. The van der Waals surface area contributed by atoms with E-state index in [0.717, 1.165) is 50.3 Å². The van der Waals surface area contributed by atoms with Gasteiger partial charge in [0.05, 0.1) is 7.11 Å². The smallest absolute Gasteiger partial charge is 0.259 e. The SMILES string of the molecule is COc1cc(=O)n2c(c1C(=O)N1CCN(c3ccccn3)CC1)CCCCC2. The van der Waals surface area contributed by atoms with Crippen molar-refractivity contribution in [3.05, 3.63) is 52.1 Å². The van der Waals surface area contributed by atoms with E-state index in [1.54, 1.807) is 10.8 Å². The van der Waals surface area contributed by atoms with Gasteiger partial charge in [0.25, 0.3) is 11.5 Å². The van der Waals surface area contributed by atoms with Crippen LogP contribution in [0.5, 0.6) is 5.75 Å². The van der Waals surface area contributed by atoms with E-state index in [-0.39, 0.29) is 11.5 Å². The van der Waals surface area contributed by atoms with Gasteiger partial charge in [-0.15, -0.1) is 0 Å². The number of carbonyl (C=O) groups is 1. The number of piperazine rings is 1. The van der Waals surface area contributed by atoms with Crippen molar-refractivity contribution >= 4 is 11.7 Å². The van der Waals surface area contributed by atoms with Gasteiger partial charge in [-0.05, 0) is 31.4 Å². The lowest BCUT2D eigenvalue weighted by molar-refractivity contribution is 0.0740. The number of aromatic nitrogens is 2. The van der Waals surface area contributed by atoms with Crippen LogP contribution in [0.3, 0.4) is 0 Å². The summed E-state index contributed by atoms with van der Waals surface area (Å²) in [5.41, 5.74) is 1.32. The van der Waals surface area contributed by atoms with Gasteiger partial charge in [0.2, 0.25) is 0 Å². The molecular formula is C21H26N4O3. The number of anilines is 1. The summed E-state index contributed by atoms with van der Waals surface area (Å²) in [7, 11) is 1.53. The number of hydrogen-bond acceptors (Lipinski definition) is 5. The van der Waals surface area contributed by atoms with Crippen LogP contribution in [0.1, 0.15) is 35.3 Å². The van der Waals surface area contributed by atoms with Gasteiger partial charge in [-0.25, -0.2) is 4.98 Å². The van der Waals surface area contributed by atoms with E-state index in [1.165, 1.54) is 13.2 Å². The molecule has 4 rings (SSSR count). The minimum atomic E-state index is -0.0785. The molecule has 1 fully saturated rings. The number of methoxy groups -OCH3 is 1. The van der Waals surface area contributed by atoms with E-state index < -0.39 is 0 Å². The third kappa shape index (κ3) is 3.48. The minimum absolute atomic E-state index is 0.0387. The zero-order valence-electron chi connectivity index (χ0n) is 16.3. The number of hydrogen-bond donors (Lipinski definition) is 0. The first-order valence-electron chi connectivity index (χ1n) is 9.95. The highest BCUT2D eigenvalue weighted by atomic mass is 16.5. The monoisotopic (exact) mass is 382 g/mol. The molecule has 148 valence electrons. The second kappa shape index (κ2) is 8.04. The molecular weight excluding hydrogens is 356 g/mol. The van der Waals surface area contributed by atoms with Crippen molar-refractivity contribution < 1.29 is 9.53 Å². The largest absolute Gasteiger partial charge is 0.496 e. The van der Waals surface area contributed by atoms with Crippen LogP contribution >= 0.6 is 0 Å². The molecule has 2 aliphatic rings. The number of nitrogens with zero attached hydrogens (tertiary/aromatic N) is 4. The topological polar surface area (TPSA) is 67.7 Å². The molecule has 2 aromatic rings. The Hall–Kier alpha value is -2.83. The van der Waals surface area contributed by atoms with E-state index in [4.69, 9.17) is 4.74 Å². The van der Waals surface area contributed by atoms with Crippen molar-refractivity contribution in [2.45, 2.75) is 32.2 Å². The maximum Gasteiger partial charge on any atom is 0.259 e. The molecule has 0 bridgehead atoms. The van der Waals surface area contributed by atoms with Gasteiger partial charge < -0.3 is 19.1 Å². The van der Waals surface area contributed by atoms with Gasteiger partial charge in [0.15, 0.2) is 0 Å². The second-order valence-corrected chi connectivity index (χ2v) is 7.30. The van der Waals surface area contributed by atoms with Crippen LogP contribution in [0.15, 0.2) is 35.3 Å². The van der Waals surface area contributed by atoms with Crippen LogP contribution in [-0.4, -0.2) is 53.6 Å². The maximum absolute atomic E-state index is 13.4. The average molecular weight is 382 g/mol. The zero-order valence-corrected chi connectivity index (χ0v) is 16.3. The highest BCUT2D eigenvalue weighted by Crippen LogP contribution is 2.27. The number of amides is 1. The number of carbonyl (C=O) groups excluding carboxylic acids is 1. The lowest BCUT2D eigenvalue weighted by Gasteiger charge is -2.36. The molecule has 1 saturated heterocycles. The molecule has 0 radical (unpaired) electrons. The Balaban J connectivity index is 1.59. The molecule has 0 spiro atoms. The van der Waals surface area contributed by atoms with Crippen molar-refractivity contribution in [3.63, 3.8) is 0 Å². The highest BCUT2D eigenvalue weighted by molar-refractivity contribution is 5.98. The highest BCUT2D eigenvalue weighted by Gasteiger charge is 2.29. The molecule has 0 unspecified atom stereocenters. The molecule has 2 aliphatic heterocycles. The van der Waals surface area contributed by atoms with Crippen molar-refractivity contribution in [1.29, 1.82) is 0 Å².